The van der Waals surface area contributed by atoms with Crippen LogP contribution >= 0.6 is 0 Å². The molecule has 1 unspecified atom stereocenters. The van der Waals surface area contributed by atoms with Gasteiger partial charge in [-0.2, -0.15) is 4.98 Å². The van der Waals surface area contributed by atoms with Gasteiger partial charge in [-0.15, -0.1) is 0 Å². The van der Waals surface area contributed by atoms with Gasteiger partial charge in [0.05, 0.1) is 11.0 Å². The molecule has 0 aromatic carbocycles. The highest BCUT2D eigenvalue weighted by molar-refractivity contribution is 7.92. The predicted molar refractivity (Wildman–Crippen MR) is 71.6 cm³/mol. The summed E-state index contributed by atoms with van der Waals surface area (Å²) in [7, 11) is -1.15. The van der Waals surface area contributed by atoms with E-state index in [9.17, 15) is 8.42 Å². The molecule has 2 heterocycles. The Bertz CT molecular complexity index is 530. The molecule has 1 atom stereocenters. The predicted octanol–water partition coefficient (Wildman–Crippen LogP) is 0.816. The molecule has 1 fully saturated rings. The second-order valence-electron chi connectivity index (χ2n) is 4.48. The lowest BCUT2D eigenvalue weighted by Gasteiger charge is -2.12. The summed E-state index contributed by atoms with van der Waals surface area (Å²) in [6.07, 6.45) is 1.50. The molecule has 100 valence electrons. The van der Waals surface area contributed by atoms with Crippen LogP contribution in [0, 0.1) is 6.92 Å². The molecule has 0 saturated carbocycles. The second-order valence-corrected chi connectivity index (χ2v) is 6.88. The summed E-state index contributed by atoms with van der Waals surface area (Å²) in [6, 6.07) is 1.81. The summed E-state index contributed by atoms with van der Waals surface area (Å²) in [5.74, 6) is 1.50. The van der Waals surface area contributed by atoms with Gasteiger partial charge in [0.1, 0.15) is 5.82 Å². The van der Waals surface area contributed by atoms with Gasteiger partial charge in [0.25, 0.3) is 0 Å². The van der Waals surface area contributed by atoms with Crippen LogP contribution < -0.4 is 10.6 Å². The number of sulfone groups is 1. The minimum Gasteiger partial charge on any atom is -0.369 e. The van der Waals surface area contributed by atoms with Crippen molar-refractivity contribution in [3.63, 3.8) is 0 Å². The lowest BCUT2D eigenvalue weighted by Crippen LogP contribution is -2.25. The standard InChI is InChI=1S/C11H18N4O2S/c1-8-6-10(15-11(12-2)14-8)13-7-9-4-3-5-18(9,16)17/h6,9H,3-5,7H2,1-2H3,(H2,12,13,14,15). The monoisotopic (exact) mass is 270 g/mol. The second kappa shape index (κ2) is 5.09. The average molecular weight is 270 g/mol. The van der Waals surface area contributed by atoms with Crippen molar-refractivity contribution >= 4 is 21.6 Å². The third kappa shape index (κ3) is 2.90. The highest BCUT2D eigenvalue weighted by Crippen LogP contribution is 2.20. The molecule has 0 aliphatic carbocycles. The van der Waals surface area contributed by atoms with Crippen LogP contribution in [0.2, 0.25) is 0 Å². The molecule has 1 aliphatic heterocycles. The van der Waals surface area contributed by atoms with E-state index in [4.69, 9.17) is 0 Å². The van der Waals surface area contributed by atoms with Crippen molar-refractivity contribution < 1.29 is 8.42 Å². The van der Waals surface area contributed by atoms with E-state index in [1.165, 1.54) is 0 Å². The van der Waals surface area contributed by atoms with E-state index in [2.05, 4.69) is 20.6 Å². The Kier molecular flexibility index (Phi) is 3.70. The van der Waals surface area contributed by atoms with Crippen LogP contribution in [0.1, 0.15) is 18.5 Å². The lowest BCUT2D eigenvalue weighted by molar-refractivity contribution is 0.591. The van der Waals surface area contributed by atoms with E-state index < -0.39 is 9.84 Å². The Morgan fingerprint density at radius 1 is 1.44 bits per heavy atom. The van der Waals surface area contributed by atoms with Gasteiger partial charge < -0.3 is 10.6 Å². The van der Waals surface area contributed by atoms with Crippen LogP contribution in [0.3, 0.4) is 0 Å². The molecule has 6 nitrogen and oxygen atoms in total. The average Bonchev–Trinajstić information content (AvgIpc) is 2.65. The van der Waals surface area contributed by atoms with Gasteiger partial charge in [-0.3, -0.25) is 0 Å². The highest BCUT2D eigenvalue weighted by Gasteiger charge is 2.30. The molecule has 1 aliphatic rings. The molecular formula is C11H18N4O2S. The quantitative estimate of drug-likeness (QED) is 0.842. The summed E-state index contributed by atoms with van der Waals surface area (Å²) in [5, 5.41) is 5.67. The number of aromatic nitrogens is 2. The maximum Gasteiger partial charge on any atom is 0.224 e. The van der Waals surface area contributed by atoms with E-state index in [0.29, 0.717) is 24.1 Å². The summed E-state index contributed by atoms with van der Waals surface area (Å²) in [5.41, 5.74) is 0.839. The first kappa shape index (κ1) is 13.1. The number of anilines is 2. The summed E-state index contributed by atoms with van der Waals surface area (Å²) in [4.78, 5) is 8.41. The van der Waals surface area contributed by atoms with Crippen molar-refractivity contribution in [2.75, 3.05) is 30.0 Å². The van der Waals surface area contributed by atoms with Crippen LogP contribution in [-0.4, -0.2) is 43.0 Å². The molecule has 0 amide bonds. The van der Waals surface area contributed by atoms with E-state index in [1.54, 1.807) is 7.05 Å². The van der Waals surface area contributed by atoms with Crippen LogP contribution in [0.25, 0.3) is 0 Å². The van der Waals surface area contributed by atoms with Gasteiger partial charge in [-0.1, -0.05) is 0 Å². The van der Waals surface area contributed by atoms with Gasteiger partial charge in [-0.25, -0.2) is 13.4 Å². The molecule has 1 aromatic heterocycles. The maximum absolute atomic E-state index is 11.7. The Morgan fingerprint density at radius 2 is 2.22 bits per heavy atom. The zero-order chi connectivity index (χ0) is 13.2. The maximum atomic E-state index is 11.7. The molecular weight excluding hydrogens is 252 g/mol. The van der Waals surface area contributed by atoms with Gasteiger partial charge in [0, 0.05) is 25.4 Å². The molecule has 2 rings (SSSR count). The molecule has 2 N–H and O–H groups in total. The van der Waals surface area contributed by atoms with Crippen molar-refractivity contribution in [3.05, 3.63) is 11.8 Å². The number of rotatable bonds is 4. The summed E-state index contributed by atoms with van der Waals surface area (Å²) >= 11 is 0. The number of nitrogens with one attached hydrogen (secondary N) is 2. The first-order chi connectivity index (χ1) is 8.51. The Hall–Kier alpha value is -1.37. The van der Waals surface area contributed by atoms with Gasteiger partial charge in [-0.05, 0) is 19.8 Å². The zero-order valence-corrected chi connectivity index (χ0v) is 11.4. The summed E-state index contributed by atoms with van der Waals surface area (Å²) in [6.45, 7) is 2.29. The molecule has 7 heteroatoms. The normalized spacial score (nSPS) is 21.8. The Morgan fingerprint density at radius 3 is 2.83 bits per heavy atom. The molecule has 18 heavy (non-hydrogen) atoms. The first-order valence-electron chi connectivity index (χ1n) is 6.00. The minimum absolute atomic E-state index is 0.286. The smallest absolute Gasteiger partial charge is 0.224 e. The van der Waals surface area contributed by atoms with Crippen molar-refractivity contribution in [1.29, 1.82) is 0 Å². The van der Waals surface area contributed by atoms with E-state index >= 15 is 0 Å². The molecule has 1 saturated heterocycles. The fourth-order valence-electron chi connectivity index (χ4n) is 2.08. The third-order valence-corrected chi connectivity index (χ3v) is 5.33. The third-order valence-electron chi connectivity index (χ3n) is 3.05. The van der Waals surface area contributed by atoms with Crippen molar-refractivity contribution in [3.8, 4) is 0 Å². The fourth-order valence-corrected chi connectivity index (χ4v) is 3.84. The number of aryl methyl sites for hydroxylation is 1. The van der Waals surface area contributed by atoms with Gasteiger partial charge in [0.2, 0.25) is 5.95 Å². The number of hydrogen-bond donors (Lipinski definition) is 2. The molecule has 1 aromatic rings. The summed E-state index contributed by atoms with van der Waals surface area (Å²) < 4.78 is 23.4. The van der Waals surface area contributed by atoms with Gasteiger partial charge in [0.15, 0.2) is 9.84 Å². The SMILES string of the molecule is CNc1nc(C)cc(NCC2CCCS2(=O)=O)n1. The van der Waals surface area contributed by atoms with Crippen molar-refractivity contribution in [1.82, 2.24) is 9.97 Å². The topological polar surface area (TPSA) is 84.0 Å². The van der Waals surface area contributed by atoms with Crippen LogP contribution in [0.15, 0.2) is 6.07 Å². The molecule has 0 radical (unpaired) electrons. The fraction of sp³-hybridized carbons (Fsp3) is 0.636. The van der Waals surface area contributed by atoms with Crippen LogP contribution in [-0.2, 0) is 9.84 Å². The number of hydrogen-bond acceptors (Lipinski definition) is 6. The molecule has 0 spiro atoms. The largest absolute Gasteiger partial charge is 0.369 e. The zero-order valence-electron chi connectivity index (χ0n) is 10.6. The van der Waals surface area contributed by atoms with E-state index in [0.717, 1.165) is 18.5 Å². The van der Waals surface area contributed by atoms with Crippen molar-refractivity contribution in [2.45, 2.75) is 25.0 Å². The van der Waals surface area contributed by atoms with Crippen molar-refractivity contribution in [2.24, 2.45) is 0 Å². The van der Waals surface area contributed by atoms with E-state index in [1.807, 2.05) is 13.0 Å². The van der Waals surface area contributed by atoms with E-state index in [-0.39, 0.29) is 5.25 Å². The Balaban J connectivity index is 2.04. The Labute approximate surface area is 107 Å². The molecule has 0 bridgehead atoms. The highest BCUT2D eigenvalue weighted by atomic mass is 32.2. The van der Waals surface area contributed by atoms with Crippen LogP contribution in [0.5, 0.6) is 0 Å². The minimum atomic E-state index is -2.90. The number of nitrogens with zero attached hydrogens (tertiary/aromatic N) is 2. The van der Waals surface area contributed by atoms with Crippen LogP contribution in [0.4, 0.5) is 11.8 Å². The lowest BCUT2D eigenvalue weighted by atomic mass is 10.2. The first-order valence-corrected chi connectivity index (χ1v) is 7.71. The van der Waals surface area contributed by atoms with Gasteiger partial charge >= 0.3 is 0 Å².